The Hall–Kier alpha value is -1.70. The quantitative estimate of drug-likeness (QED) is 0.181. The number of hydrogen-bond acceptors (Lipinski definition) is 5. The summed E-state index contributed by atoms with van der Waals surface area (Å²) >= 11 is 3.95. The summed E-state index contributed by atoms with van der Waals surface area (Å²) in [4.78, 5) is 23.8. The molecule has 1 aromatic carbocycles. The van der Waals surface area contributed by atoms with Gasteiger partial charge in [-0.3, -0.25) is 14.9 Å². The molecule has 8 heteroatoms. The molecule has 0 spiro atoms. The van der Waals surface area contributed by atoms with Gasteiger partial charge in [0, 0.05) is 6.07 Å². The van der Waals surface area contributed by atoms with E-state index in [1.807, 2.05) is 0 Å². The van der Waals surface area contributed by atoms with E-state index in [-0.39, 0.29) is 22.1 Å². The molecule has 0 bridgehead atoms. The number of hydrogen-bond donors (Lipinski definition) is 1. The van der Waals surface area contributed by atoms with E-state index in [0.717, 1.165) is 20.3 Å². The van der Waals surface area contributed by atoms with E-state index in [0.29, 0.717) is 12.0 Å². The summed E-state index contributed by atoms with van der Waals surface area (Å²) in [6, 6.07) is 4.69. The van der Waals surface area contributed by atoms with Crippen LogP contribution in [0.4, 0.5) is 14.5 Å². The molecule has 0 aliphatic carbocycles. The van der Waals surface area contributed by atoms with Crippen LogP contribution in [-0.4, -0.2) is 21.6 Å². The molecule has 32 heavy (non-hydrogen) atoms. The Morgan fingerprint density at radius 3 is 2.03 bits per heavy atom. The number of nitrogens with zero attached hydrogens (tertiary/aromatic N) is 1. The van der Waals surface area contributed by atoms with Crippen LogP contribution in [-0.2, 0) is 22.6 Å². The number of carbonyl (C=O) groups excluding carboxylic acids is 1. The van der Waals surface area contributed by atoms with Crippen molar-refractivity contribution in [2.75, 3.05) is 0 Å². The van der Waals surface area contributed by atoms with Gasteiger partial charge in [-0.05, 0) is 56.9 Å². The largest absolute Gasteiger partial charge is 0.460 e. The molecule has 0 atom stereocenters. The number of esters is 1. The first-order valence-corrected chi connectivity index (χ1v) is 11.1. The molecular weight excluding hydrogens is 436 g/mol. The lowest BCUT2D eigenvalue weighted by Crippen LogP contribution is -2.54. The highest BCUT2D eigenvalue weighted by atomic mass is 32.1. The average Bonchev–Trinajstić information content (AvgIpc) is 2.56. The number of benzene rings is 1. The van der Waals surface area contributed by atoms with Crippen molar-refractivity contribution in [2.45, 2.75) is 92.4 Å². The number of rotatable bonds is 9. The molecule has 0 aromatic heterocycles. The van der Waals surface area contributed by atoms with Gasteiger partial charge in [0.15, 0.2) is 0 Å². The van der Waals surface area contributed by atoms with Crippen molar-refractivity contribution < 1.29 is 23.2 Å². The number of nitro benzene ring substituents is 1. The van der Waals surface area contributed by atoms with E-state index in [4.69, 9.17) is 4.74 Å². The van der Waals surface area contributed by atoms with Crippen molar-refractivity contribution in [3.8, 4) is 0 Å². The van der Waals surface area contributed by atoms with Crippen LogP contribution in [0, 0.1) is 26.4 Å². The van der Waals surface area contributed by atoms with Crippen molar-refractivity contribution in [2.24, 2.45) is 16.2 Å². The van der Waals surface area contributed by atoms with Crippen molar-refractivity contribution in [3.05, 3.63) is 39.4 Å². The molecule has 0 N–H and O–H groups in total. The number of ether oxygens (including phenoxy) is 1. The minimum absolute atomic E-state index is 0.0477. The lowest BCUT2D eigenvalue weighted by Gasteiger charge is -2.39. The topological polar surface area (TPSA) is 69.4 Å². The summed E-state index contributed by atoms with van der Waals surface area (Å²) < 4.78 is 33.2. The van der Waals surface area contributed by atoms with Crippen LogP contribution in [0.1, 0.15) is 79.9 Å². The second-order valence-electron chi connectivity index (χ2n) is 11.6. The standard InChI is InChI=1S/C24H37F2NO4S/c1-20(2,3)15-21(4,5)13-16-11-10-12-18(27(29)30)17(16)14-31-19(28)22(6,7)24(25,26)23(8,9)32/h10-12,32H,13-15H2,1-9H3. The van der Waals surface area contributed by atoms with Gasteiger partial charge in [-0.15, -0.1) is 0 Å². The summed E-state index contributed by atoms with van der Waals surface area (Å²) in [6.45, 7) is 14.7. The molecule has 0 radical (unpaired) electrons. The van der Waals surface area contributed by atoms with Gasteiger partial charge >= 0.3 is 5.97 Å². The Morgan fingerprint density at radius 2 is 1.59 bits per heavy atom. The molecule has 0 saturated carbocycles. The van der Waals surface area contributed by atoms with Crippen LogP contribution in [0.5, 0.6) is 0 Å². The predicted octanol–water partition coefficient (Wildman–Crippen LogP) is 7.01. The summed E-state index contributed by atoms with van der Waals surface area (Å²) in [5, 5.41) is 11.6. The van der Waals surface area contributed by atoms with Crippen molar-refractivity contribution in [1.82, 2.24) is 0 Å². The fraction of sp³-hybridized carbons (Fsp3) is 0.708. The van der Waals surface area contributed by atoms with Gasteiger partial charge in [-0.2, -0.15) is 12.6 Å². The minimum atomic E-state index is -3.49. The lowest BCUT2D eigenvalue weighted by molar-refractivity contribution is -0.385. The normalized spacial score (nSPS) is 13.8. The summed E-state index contributed by atoms with van der Waals surface area (Å²) in [6.07, 6.45) is 1.38. The zero-order valence-electron chi connectivity index (χ0n) is 20.6. The molecule has 1 aromatic rings. The maximum Gasteiger partial charge on any atom is 0.318 e. The molecule has 0 aliphatic rings. The van der Waals surface area contributed by atoms with Gasteiger partial charge in [-0.1, -0.05) is 46.8 Å². The number of thiol groups is 1. The summed E-state index contributed by atoms with van der Waals surface area (Å²) in [5.74, 6) is -4.62. The third-order valence-corrected chi connectivity index (χ3v) is 5.81. The summed E-state index contributed by atoms with van der Waals surface area (Å²) in [7, 11) is 0. The van der Waals surface area contributed by atoms with Crippen LogP contribution in [0.15, 0.2) is 18.2 Å². The van der Waals surface area contributed by atoms with E-state index in [9.17, 15) is 23.7 Å². The van der Waals surface area contributed by atoms with Crippen LogP contribution in [0.2, 0.25) is 0 Å². The highest BCUT2D eigenvalue weighted by Gasteiger charge is 2.60. The Kier molecular flexibility index (Phi) is 8.21. The van der Waals surface area contributed by atoms with Crippen molar-refractivity contribution in [1.29, 1.82) is 0 Å². The average molecular weight is 474 g/mol. The third kappa shape index (κ3) is 6.65. The smallest absolute Gasteiger partial charge is 0.318 e. The van der Waals surface area contributed by atoms with Crippen LogP contribution < -0.4 is 0 Å². The van der Waals surface area contributed by atoms with Gasteiger partial charge in [0.2, 0.25) is 0 Å². The molecule has 0 saturated heterocycles. The molecule has 0 aliphatic heterocycles. The van der Waals surface area contributed by atoms with Gasteiger partial charge in [-0.25, -0.2) is 8.78 Å². The van der Waals surface area contributed by atoms with E-state index in [2.05, 4.69) is 47.2 Å². The Morgan fingerprint density at radius 1 is 1.06 bits per heavy atom. The molecule has 0 heterocycles. The fourth-order valence-corrected chi connectivity index (χ4v) is 4.63. The molecule has 0 unspecified atom stereocenters. The highest BCUT2D eigenvalue weighted by molar-refractivity contribution is 7.81. The second kappa shape index (κ2) is 9.27. The van der Waals surface area contributed by atoms with E-state index >= 15 is 0 Å². The SMILES string of the molecule is CC(C)(C)CC(C)(C)Cc1cccc([N+](=O)[O-])c1COC(=O)C(C)(C)C(F)(F)C(C)(C)S. The Labute approximate surface area is 195 Å². The van der Waals surface area contributed by atoms with Crippen molar-refractivity contribution >= 4 is 24.3 Å². The molecule has 182 valence electrons. The minimum Gasteiger partial charge on any atom is -0.460 e. The first-order valence-electron chi connectivity index (χ1n) is 10.6. The third-order valence-electron chi connectivity index (χ3n) is 5.53. The molecule has 0 amide bonds. The highest BCUT2D eigenvalue weighted by Crippen LogP contribution is 2.48. The van der Waals surface area contributed by atoms with Crippen LogP contribution in [0.3, 0.4) is 0 Å². The van der Waals surface area contributed by atoms with Crippen molar-refractivity contribution in [3.63, 3.8) is 0 Å². The maximum absolute atomic E-state index is 14.9. The van der Waals surface area contributed by atoms with E-state index in [1.165, 1.54) is 19.9 Å². The van der Waals surface area contributed by atoms with Gasteiger partial charge in [0.05, 0.1) is 15.2 Å². The molecule has 0 fully saturated rings. The Bertz CT molecular complexity index is 853. The lowest BCUT2D eigenvalue weighted by atomic mass is 9.72. The zero-order valence-corrected chi connectivity index (χ0v) is 21.5. The number of alkyl halides is 2. The molecule has 5 nitrogen and oxygen atoms in total. The monoisotopic (exact) mass is 473 g/mol. The summed E-state index contributed by atoms with van der Waals surface area (Å²) in [5.41, 5.74) is -1.60. The second-order valence-corrected chi connectivity index (χ2v) is 12.7. The number of carbonyl (C=O) groups is 1. The zero-order chi connectivity index (χ0) is 25.3. The molecular formula is C24H37F2NO4S. The molecule has 1 rings (SSSR count). The van der Waals surface area contributed by atoms with E-state index in [1.54, 1.807) is 12.1 Å². The van der Waals surface area contributed by atoms with Gasteiger partial charge in [0.25, 0.3) is 11.6 Å². The van der Waals surface area contributed by atoms with Gasteiger partial charge in [0.1, 0.15) is 12.0 Å². The fourth-order valence-electron chi connectivity index (χ4n) is 4.35. The van der Waals surface area contributed by atoms with Crippen LogP contribution >= 0.6 is 12.6 Å². The first-order chi connectivity index (χ1) is 14.1. The number of nitro groups is 1. The first kappa shape index (κ1) is 28.3. The van der Waals surface area contributed by atoms with Crippen LogP contribution in [0.25, 0.3) is 0 Å². The maximum atomic E-state index is 14.9. The Balaban J connectivity index is 3.28. The number of halogens is 2. The predicted molar refractivity (Wildman–Crippen MR) is 126 cm³/mol. The van der Waals surface area contributed by atoms with E-state index < -0.39 is 33.6 Å². The van der Waals surface area contributed by atoms with Gasteiger partial charge < -0.3 is 4.74 Å².